The fourth-order valence-corrected chi connectivity index (χ4v) is 3.18. The molecule has 0 saturated heterocycles. The third-order valence-corrected chi connectivity index (χ3v) is 4.81. The Labute approximate surface area is 143 Å². The highest BCUT2D eigenvalue weighted by molar-refractivity contribution is 5.90. The Kier molecular flexibility index (Phi) is 4.69. The number of aryl methyl sites for hydroxylation is 1. The van der Waals surface area contributed by atoms with E-state index in [1.807, 2.05) is 6.92 Å². The Balaban J connectivity index is 1.71. The first kappa shape index (κ1) is 17.3. The van der Waals surface area contributed by atoms with Gasteiger partial charge in [0.15, 0.2) is 0 Å². The Morgan fingerprint density at radius 3 is 2.72 bits per heavy atom. The van der Waals surface area contributed by atoms with E-state index in [1.165, 1.54) is 19.2 Å². The van der Waals surface area contributed by atoms with Gasteiger partial charge in [-0.3, -0.25) is 9.78 Å². The molecule has 0 aliphatic heterocycles. The van der Waals surface area contributed by atoms with Gasteiger partial charge in [0.25, 0.3) is 5.91 Å². The molecule has 2 aromatic rings. The Morgan fingerprint density at radius 2 is 2.16 bits per heavy atom. The van der Waals surface area contributed by atoms with Gasteiger partial charge in [0.1, 0.15) is 11.6 Å². The number of nitrogens with zero attached hydrogens (tertiary/aromatic N) is 2. The van der Waals surface area contributed by atoms with E-state index in [2.05, 4.69) is 15.4 Å². The molecule has 8 heteroatoms. The van der Waals surface area contributed by atoms with Crippen molar-refractivity contribution < 1.29 is 13.6 Å². The minimum absolute atomic E-state index is 0.0272. The third kappa shape index (κ3) is 3.78. The normalized spacial score (nSPS) is 16.5. The number of rotatable bonds is 6. The largest absolute Gasteiger partial charge is 0.349 e. The second-order valence-electron chi connectivity index (χ2n) is 6.57. The molecule has 0 radical (unpaired) electrons. The maximum absolute atomic E-state index is 14.1. The van der Waals surface area contributed by atoms with E-state index in [0.29, 0.717) is 18.0 Å². The number of hydrogen-bond acceptors (Lipinski definition) is 3. The molecule has 3 rings (SSSR count). The summed E-state index contributed by atoms with van der Waals surface area (Å²) in [5, 5.41) is 6.57. The lowest BCUT2D eigenvalue weighted by Crippen LogP contribution is -2.33. The number of H-pyrrole nitrogens is 1. The molecular weight excluding hydrogens is 330 g/mol. The summed E-state index contributed by atoms with van der Waals surface area (Å²) in [5.41, 5.74) is -0.0237. The van der Waals surface area contributed by atoms with Crippen LogP contribution in [0, 0.1) is 23.5 Å². The maximum atomic E-state index is 14.1. The summed E-state index contributed by atoms with van der Waals surface area (Å²) in [7, 11) is 1.45. The minimum Gasteiger partial charge on any atom is -0.349 e. The molecular formula is C17H20F2N4O2. The van der Waals surface area contributed by atoms with Gasteiger partial charge in [-0.1, -0.05) is 13.0 Å². The van der Waals surface area contributed by atoms with Gasteiger partial charge in [0.05, 0.1) is 0 Å². The van der Waals surface area contributed by atoms with Crippen LogP contribution in [0.5, 0.6) is 0 Å². The number of halogens is 2. The van der Waals surface area contributed by atoms with Gasteiger partial charge in [-0.15, -0.1) is 5.10 Å². The second-order valence-corrected chi connectivity index (χ2v) is 6.57. The van der Waals surface area contributed by atoms with Gasteiger partial charge < -0.3 is 5.32 Å². The predicted molar refractivity (Wildman–Crippen MR) is 87.1 cm³/mol. The van der Waals surface area contributed by atoms with E-state index in [0.717, 1.165) is 23.6 Å². The third-order valence-electron chi connectivity index (χ3n) is 4.81. The summed E-state index contributed by atoms with van der Waals surface area (Å²) < 4.78 is 28.2. The van der Waals surface area contributed by atoms with Crippen LogP contribution in [0.25, 0.3) is 0 Å². The molecule has 0 spiro atoms. The van der Waals surface area contributed by atoms with E-state index in [1.54, 1.807) is 0 Å². The molecule has 0 bridgehead atoms. The molecule has 1 unspecified atom stereocenters. The lowest BCUT2D eigenvalue weighted by molar-refractivity contribution is 0.0932. The molecule has 25 heavy (non-hydrogen) atoms. The minimum atomic E-state index is -0.608. The van der Waals surface area contributed by atoms with Crippen molar-refractivity contribution in [2.75, 3.05) is 6.54 Å². The van der Waals surface area contributed by atoms with Crippen LogP contribution in [0.3, 0.4) is 0 Å². The average Bonchev–Trinajstić information content (AvgIpc) is 3.33. The van der Waals surface area contributed by atoms with Crippen LogP contribution in [0.4, 0.5) is 8.78 Å². The van der Waals surface area contributed by atoms with Crippen molar-refractivity contribution in [3.05, 3.63) is 51.7 Å². The van der Waals surface area contributed by atoms with Crippen molar-refractivity contribution in [2.45, 2.75) is 25.7 Å². The lowest BCUT2D eigenvalue weighted by Gasteiger charge is -2.25. The summed E-state index contributed by atoms with van der Waals surface area (Å²) in [4.78, 5) is 25.9. The zero-order valence-electron chi connectivity index (χ0n) is 14.1. The fourth-order valence-electron chi connectivity index (χ4n) is 3.18. The van der Waals surface area contributed by atoms with Gasteiger partial charge in [0, 0.05) is 19.7 Å². The number of nitrogens with one attached hydrogen (secondary N) is 2. The second kappa shape index (κ2) is 6.78. The van der Waals surface area contributed by atoms with Crippen LogP contribution in [0.1, 0.15) is 41.9 Å². The van der Waals surface area contributed by atoms with Gasteiger partial charge in [-0.25, -0.2) is 18.3 Å². The molecule has 1 heterocycles. The highest BCUT2D eigenvalue weighted by Crippen LogP contribution is 2.44. The van der Waals surface area contributed by atoms with Gasteiger partial charge >= 0.3 is 5.69 Å². The van der Waals surface area contributed by atoms with Crippen LogP contribution < -0.4 is 11.0 Å². The maximum Gasteiger partial charge on any atom is 0.343 e. The Bertz CT molecular complexity index is 841. The van der Waals surface area contributed by atoms with Crippen molar-refractivity contribution in [3.63, 3.8) is 0 Å². The highest BCUT2D eigenvalue weighted by atomic mass is 19.1. The van der Waals surface area contributed by atoms with Crippen LogP contribution in [0.15, 0.2) is 23.0 Å². The molecule has 1 aliphatic carbocycles. The number of carbonyl (C=O) groups is 1. The zero-order valence-corrected chi connectivity index (χ0v) is 14.1. The molecule has 2 N–H and O–H groups in total. The number of aromatic amines is 1. The monoisotopic (exact) mass is 350 g/mol. The number of aromatic nitrogens is 3. The first-order valence-corrected chi connectivity index (χ1v) is 8.23. The van der Waals surface area contributed by atoms with Gasteiger partial charge in [0.2, 0.25) is 5.82 Å². The number of hydrogen-bond donors (Lipinski definition) is 2. The van der Waals surface area contributed by atoms with Crippen molar-refractivity contribution in [1.29, 1.82) is 0 Å². The Hall–Kier alpha value is -2.51. The Morgan fingerprint density at radius 1 is 1.44 bits per heavy atom. The SMILES string of the molecule is CC(c1ccc(F)cc1F)[C@@H](CNC(=O)c1nn(C)c(=O)[nH]1)C1CC1. The summed E-state index contributed by atoms with van der Waals surface area (Å²) >= 11 is 0. The van der Waals surface area contributed by atoms with Gasteiger partial charge in [-0.05, 0) is 42.2 Å². The van der Waals surface area contributed by atoms with Crippen LogP contribution in [0.2, 0.25) is 0 Å². The predicted octanol–water partition coefficient (Wildman–Crippen LogP) is 1.95. The van der Waals surface area contributed by atoms with Crippen molar-refractivity contribution in [2.24, 2.45) is 18.9 Å². The van der Waals surface area contributed by atoms with E-state index in [9.17, 15) is 18.4 Å². The molecule has 1 aliphatic rings. The average molecular weight is 350 g/mol. The fraction of sp³-hybridized carbons (Fsp3) is 0.471. The van der Waals surface area contributed by atoms with Crippen molar-refractivity contribution in [3.8, 4) is 0 Å². The quantitative estimate of drug-likeness (QED) is 0.836. The van der Waals surface area contributed by atoms with E-state index in [-0.39, 0.29) is 17.7 Å². The summed E-state index contributed by atoms with van der Waals surface area (Å²) in [5.74, 6) is -1.46. The summed E-state index contributed by atoms with van der Waals surface area (Å²) in [6.45, 7) is 2.22. The first-order chi connectivity index (χ1) is 11.9. The zero-order chi connectivity index (χ0) is 18.1. The van der Waals surface area contributed by atoms with E-state index < -0.39 is 23.2 Å². The van der Waals surface area contributed by atoms with Crippen LogP contribution in [-0.2, 0) is 7.05 Å². The molecule has 1 fully saturated rings. The molecule has 1 saturated carbocycles. The smallest absolute Gasteiger partial charge is 0.343 e. The topological polar surface area (TPSA) is 79.8 Å². The lowest BCUT2D eigenvalue weighted by atomic mass is 9.83. The molecule has 6 nitrogen and oxygen atoms in total. The van der Waals surface area contributed by atoms with E-state index >= 15 is 0 Å². The standard InChI is InChI=1S/C17H20F2N4O2/c1-9(12-6-5-11(18)7-14(12)19)13(10-3-4-10)8-20-16(24)15-21-17(25)23(2)22-15/h5-7,9-10,13H,3-4,8H2,1-2H3,(H,20,24)(H,21,22,25)/t9?,13-/m1/s1. The first-order valence-electron chi connectivity index (χ1n) is 8.23. The van der Waals surface area contributed by atoms with Crippen molar-refractivity contribution in [1.82, 2.24) is 20.1 Å². The summed E-state index contributed by atoms with van der Waals surface area (Å²) in [6.07, 6.45) is 2.04. The molecule has 2 atom stereocenters. The number of benzene rings is 1. The van der Waals surface area contributed by atoms with Crippen LogP contribution in [-0.4, -0.2) is 27.2 Å². The van der Waals surface area contributed by atoms with Gasteiger partial charge in [-0.2, -0.15) is 0 Å². The van der Waals surface area contributed by atoms with Crippen molar-refractivity contribution >= 4 is 5.91 Å². The summed E-state index contributed by atoms with van der Waals surface area (Å²) in [6, 6.07) is 3.59. The van der Waals surface area contributed by atoms with E-state index in [4.69, 9.17) is 0 Å². The highest BCUT2D eigenvalue weighted by Gasteiger charge is 2.36. The molecule has 1 amide bonds. The number of carbonyl (C=O) groups excluding carboxylic acids is 1. The number of amides is 1. The van der Waals surface area contributed by atoms with Crippen LogP contribution >= 0.6 is 0 Å². The molecule has 1 aromatic heterocycles. The molecule has 1 aromatic carbocycles. The molecule has 134 valence electrons.